The maximum atomic E-state index is 15.5. The number of nitrogens with one attached hydrogen (secondary N) is 3. The van der Waals surface area contributed by atoms with Crippen molar-refractivity contribution < 1.29 is 72.5 Å². The Morgan fingerprint density at radius 3 is 2.56 bits per heavy atom. The van der Waals surface area contributed by atoms with E-state index in [1.165, 1.54) is 31.3 Å². The van der Waals surface area contributed by atoms with Crippen molar-refractivity contribution in [2.75, 3.05) is 39.4 Å². The van der Waals surface area contributed by atoms with Crippen LogP contribution in [0.15, 0.2) is 65.5 Å². The molecule has 6 N–H and O–H groups in total. The SMILES string of the molecule is CC#C/C=C\C#C[C@H](OC1OC(C)C(SC)(C(=O)c2nccc3c2[nH]c2ccc(OCCC(=O)O)cc23)C(O)C1OC1CC(OC)C(NC(C)C)CO1)C1=C(NC(=O)OC)C(=O)C[C@H](O)/C1=C/CSC(C)=O. The Morgan fingerprint density at radius 1 is 1.11 bits per heavy atom. The van der Waals surface area contributed by atoms with E-state index in [0.29, 0.717) is 27.6 Å². The number of aliphatic carboxylic acids is 1. The van der Waals surface area contributed by atoms with Gasteiger partial charge in [-0.2, -0.15) is 0 Å². The Hall–Kier alpha value is -5.56. The van der Waals surface area contributed by atoms with Gasteiger partial charge in [-0.1, -0.05) is 49.4 Å². The van der Waals surface area contributed by atoms with E-state index >= 15 is 4.79 Å². The van der Waals surface area contributed by atoms with Crippen LogP contribution in [0.4, 0.5) is 4.79 Å². The summed E-state index contributed by atoms with van der Waals surface area (Å²) in [5.74, 6) is 9.49. The number of nitrogens with zero attached hydrogens (tertiary/aromatic N) is 1. The molecule has 1 amide bonds. The highest BCUT2D eigenvalue weighted by molar-refractivity contribution is 8.13. The lowest BCUT2D eigenvalue weighted by atomic mass is 9.82. The fourth-order valence-corrected chi connectivity index (χ4v) is 10.4. The van der Waals surface area contributed by atoms with E-state index in [1.54, 1.807) is 51.5 Å². The number of Topliss-reactive ketones (excluding diaryl/α,β-unsaturated/α-hetero) is 2. The summed E-state index contributed by atoms with van der Waals surface area (Å²) in [4.78, 5) is 73.2. The van der Waals surface area contributed by atoms with Gasteiger partial charge in [0.25, 0.3) is 0 Å². The van der Waals surface area contributed by atoms with Crippen LogP contribution in [0.2, 0.25) is 0 Å². The number of amides is 1. The Kier molecular flexibility index (Phi) is 19.7. The van der Waals surface area contributed by atoms with Crippen LogP contribution in [0, 0.1) is 23.7 Å². The summed E-state index contributed by atoms with van der Waals surface area (Å²) in [6, 6.07) is 6.73. The Bertz CT molecular complexity index is 2730. The molecular weight excluding hydrogens is 973 g/mol. The molecule has 0 saturated carbocycles. The van der Waals surface area contributed by atoms with Gasteiger partial charge >= 0.3 is 12.1 Å². The van der Waals surface area contributed by atoms with E-state index in [0.717, 1.165) is 30.6 Å². The van der Waals surface area contributed by atoms with E-state index in [2.05, 4.69) is 44.3 Å². The summed E-state index contributed by atoms with van der Waals surface area (Å²) in [6.45, 7) is 8.67. The lowest BCUT2D eigenvalue weighted by Crippen LogP contribution is -2.68. The molecule has 2 aliphatic heterocycles. The van der Waals surface area contributed by atoms with Crippen LogP contribution >= 0.6 is 23.5 Å². The Morgan fingerprint density at radius 2 is 1.88 bits per heavy atom. The minimum absolute atomic E-state index is 0.0303. The maximum Gasteiger partial charge on any atom is 0.411 e. The smallest absolute Gasteiger partial charge is 0.411 e. The van der Waals surface area contributed by atoms with Gasteiger partial charge in [0.15, 0.2) is 23.5 Å². The largest absolute Gasteiger partial charge is 0.493 e. The number of ether oxygens (including phenoxy) is 7. The normalized spacial score (nSPS) is 26.5. The number of carboxylic acids is 1. The predicted octanol–water partition coefficient (Wildman–Crippen LogP) is 4.59. The maximum absolute atomic E-state index is 15.5. The lowest BCUT2D eigenvalue weighted by molar-refractivity contribution is -0.323. The summed E-state index contributed by atoms with van der Waals surface area (Å²) in [6.07, 6.45) is -4.58. The number of benzene rings is 1. The number of fused-ring (bicyclic) bond motifs is 3. The summed E-state index contributed by atoms with van der Waals surface area (Å²) in [5, 5.41) is 40.6. The number of rotatable bonds is 18. The quantitative estimate of drug-likeness (QED) is 0.0752. The van der Waals surface area contributed by atoms with Crippen molar-refractivity contribution in [1.82, 2.24) is 20.6 Å². The highest BCUT2D eigenvalue weighted by atomic mass is 32.2. The molecule has 3 aromatic rings. The van der Waals surface area contributed by atoms with Gasteiger partial charge in [-0.3, -0.25) is 29.5 Å². The first-order chi connectivity index (χ1) is 34.5. The zero-order valence-corrected chi connectivity index (χ0v) is 42.8. The highest BCUT2D eigenvalue weighted by Gasteiger charge is 2.61. The monoisotopic (exact) mass is 1030 g/mol. The first-order valence-corrected chi connectivity index (χ1v) is 25.3. The van der Waals surface area contributed by atoms with E-state index in [-0.39, 0.29) is 71.5 Å². The first-order valence-electron chi connectivity index (χ1n) is 23.1. The minimum Gasteiger partial charge on any atom is -0.493 e. The Labute approximate surface area is 425 Å². The van der Waals surface area contributed by atoms with Gasteiger partial charge in [-0.15, -0.1) is 17.7 Å². The molecule has 1 aliphatic carbocycles. The third kappa shape index (κ3) is 12.8. The summed E-state index contributed by atoms with van der Waals surface area (Å²) >= 11 is 1.95. The van der Waals surface area contributed by atoms with Crippen LogP contribution in [0.1, 0.15) is 64.4 Å². The van der Waals surface area contributed by atoms with Gasteiger partial charge in [-0.05, 0) is 62.1 Å². The van der Waals surface area contributed by atoms with Crippen molar-refractivity contribution in [2.24, 2.45) is 0 Å². The number of ketones is 2. The topological polar surface area (TPSA) is 263 Å². The van der Waals surface area contributed by atoms with Crippen LogP contribution in [0.3, 0.4) is 0 Å². The number of aromatic nitrogens is 2. The van der Waals surface area contributed by atoms with E-state index in [9.17, 15) is 29.4 Å². The fraction of sp³-hybridized carbons (Fsp3) is 0.490. The highest BCUT2D eigenvalue weighted by Crippen LogP contribution is 2.46. The second kappa shape index (κ2) is 25.4. The molecule has 2 fully saturated rings. The first kappa shape index (κ1) is 55.7. The van der Waals surface area contributed by atoms with E-state index < -0.39 is 84.0 Å². The summed E-state index contributed by atoms with van der Waals surface area (Å²) in [5.41, 5.74) is 0.668. The molecular formula is C51H60N4O15S2. The number of methoxy groups -OCH3 is 2. The zero-order valence-electron chi connectivity index (χ0n) is 41.1. The number of carbonyl (C=O) groups excluding carboxylic acids is 4. The molecule has 2 saturated heterocycles. The van der Waals surface area contributed by atoms with Crippen molar-refractivity contribution in [2.45, 2.75) is 120 Å². The fourth-order valence-electron chi connectivity index (χ4n) is 8.85. The van der Waals surface area contributed by atoms with Crippen LogP contribution in [0.25, 0.3) is 21.8 Å². The van der Waals surface area contributed by atoms with Crippen LogP contribution in [-0.2, 0) is 42.8 Å². The molecule has 6 rings (SSSR count). The predicted molar refractivity (Wildman–Crippen MR) is 269 cm³/mol. The lowest BCUT2D eigenvalue weighted by Gasteiger charge is -2.51. The third-order valence-corrected chi connectivity index (χ3v) is 14.4. The standard InChI is InChI=1S/C51H60N4O15S2/c1-9-10-11-12-13-14-38(42-32(19-22-72-29(5)56)36(57)24-37(58)44(42)55-50(63)65-7)69-49-46(70-41-25-39(64-6)35(26-67-41)53-27(2)3)48(62)51(71-8,28(4)68-49)47(61)45-43-31(17-20-52-45)33-23-30(15-16-34(33)54-43)66-21-18-40(59)60/h11-12,15-17,19-20,23,27-28,35-36,38-39,41,46,48-49,53-54,57,62H,18,21-22,24-26H2,1-8H3,(H,55,63)(H,59,60)/b12-11-,32-19-/t28?,35?,36-,38-,39?,41?,46?,48?,49?,51?/m0/s1. The van der Waals surface area contributed by atoms with Gasteiger partial charge in [-0.25, -0.2) is 4.79 Å². The van der Waals surface area contributed by atoms with Crippen molar-refractivity contribution in [3.8, 4) is 29.4 Å². The molecule has 19 nitrogen and oxygen atoms in total. The average molecular weight is 1030 g/mol. The molecule has 2 aromatic heterocycles. The zero-order chi connectivity index (χ0) is 52.3. The molecule has 386 valence electrons. The van der Waals surface area contributed by atoms with Gasteiger partial charge in [0.05, 0.1) is 62.3 Å². The van der Waals surface area contributed by atoms with E-state index in [4.69, 9.17) is 38.3 Å². The van der Waals surface area contributed by atoms with Crippen molar-refractivity contribution in [3.63, 3.8) is 0 Å². The number of alkyl carbamates (subject to hydrolysis) is 1. The minimum atomic E-state index is -1.86. The number of carbonyl (C=O) groups is 5. The molecule has 8 unspecified atom stereocenters. The van der Waals surface area contributed by atoms with Crippen LogP contribution in [0.5, 0.6) is 5.75 Å². The molecule has 0 spiro atoms. The van der Waals surface area contributed by atoms with Gasteiger partial charge in [0.1, 0.15) is 34.5 Å². The number of thioether (sulfide) groups is 2. The van der Waals surface area contributed by atoms with Crippen LogP contribution in [-0.4, -0.2) is 160 Å². The van der Waals surface area contributed by atoms with Crippen molar-refractivity contribution in [3.05, 3.63) is 71.2 Å². The number of allylic oxidation sites excluding steroid dienone is 3. The molecule has 0 radical (unpaired) electrons. The molecule has 1 aromatic carbocycles. The number of H-pyrrole nitrogens is 1. The number of carboxylic acid groups (broad SMARTS) is 1. The summed E-state index contributed by atoms with van der Waals surface area (Å²) < 4.78 is 41.1. The molecule has 72 heavy (non-hydrogen) atoms. The number of pyridine rings is 1. The van der Waals surface area contributed by atoms with Crippen LogP contribution < -0.4 is 15.4 Å². The number of hydrogen-bond acceptors (Lipinski definition) is 18. The van der Waals surface area contributed by atoms with Gasteiger partial charge in [0.2, 0.25) is 5.78 Å². The van der Waals surface area contributed by atoms with Crippen molar-refractivity contribution in [1.29, 1.82) is 0 Å². The Balaban J connectivity index is 1.49. The average Bonchev–Trinajstić information content (AvgIpc) is 3.72. The molecule has 0 bridgehead atoms. The van der Waals surface area contributed by atoms with E-state index in [1.807, 2.05) is 13.8 Å². The van der Waals surface area contributed by atoms with Gasteiger partial charge in [0, 0.05) is 66.7 Å². The third-order valence-electron chi connectivity index (χ3n) is 12.2. The second-order valence-corrected chi connectivity index (χ2v) is 19.4. The number of aliphatic hydroxyl groups is 2. The summed E-state index contributed by atoms with van der Waals surface area (Å²) in [7, 11) is 2.67. The molecule has 4 heterocycles. The molecule has 10 atom stereocenters. The molecule has 21 heteroatoms. The number of aliphatic hydroxyl groups excluding tert-OH is 2. The van der Waals surface area contributed by atoms with Gasteiger partial charge < -0.3 is 58.8 Å². The molecule has 3 aliphatic rings. The second-order valence-electron chi connectivity index (χ2n) is 17.2. The number of aromatic amines is 1. The number of hydrogen-bond donors (Lipinski definition) is 6. The van der Waals surface area contributed by atoms with Crippen molar-refractivity contribution >= 4 is 74.1 Å².